The van der Waals surface area contributed by atoms with Gasteiger partial charge in [-0.3, -0.25) is 9.59 Å². The molecule has 0 aromatic heterocycles. The fourth-order valence-electron chi connectivity index (χ4n) is 1.46. The second kappa shape index (κ2) is 10.1. The number of hydrogen-bond acceptors (Lipinski definition) is 4. The van der Waals surface area contributed by atoms with Crippen LogP contribution in [0.5, 0.6) is 0 Å². The van der Waals surface area contributed by atoms with E-state index in [-0.39, 0.29) is 41.6 Å². The average Bonchev–Trinajstić information content (AvgIpc) is 2.45. The van der Waals surface area contributed by atoms with Gasteiger partial charge in [-0.1, -0.05) is 11.6 Å². The van der Waals surface area contributed by atoms with Gasteiger partial charge in [0.25, 0.3) is 0 Å². The molecule has 21 heavy (non-hydrogen) atoms. The second-order valence-corrected chi connectivity index (χ2v) is 5.93. The van der Waals surface area contributed by atoms with Crippen molar-refractivity contribution in [2.24, 2.45) is 5.73 Å². The molecule has 4 nitrogen and oxygen atoms in total. The van der Waals surface area contributed by atoms with E-state index >= 15 is 0 Å². The van der Waals surface area contributed by atoms with Crippen LogP contribution in [-0.4, -0.2) is 47.7 Å². The van der Waals surface area contributed by atoms with Gasteiger partial charge in [-0.25, -0.2) is 0 Å². The van der Waals surface area contributed by atoms with Gasteiger partial charge in [0.2, 0.25) is 5.91 Å². The minimum absolute atomic E-state index is 0. The summed E-state index contributed by atoms with van der Waals surface area (Å²) in [6, 6.07) is 6.75. The third-order valence-corrected chi connectivity index (χ3v) is 4.19. The Morgan fingerprint density at radius 2 is 1.86 bits per heavy atom. The fourth-order valence-corrected chi connectivity index (χ4v) is 2.41. The Bertz CT molecular complexity index is 469. The number of hydrogen-bond donors (Lipinski definition) is 1. The van der Waals surface area contributed by atoms with E-state index in [0.29, 0.717) is 17.1 Å². The number of halogens is 2. The van der Waals surface area contributed by atoms with E-state index in [0.717, 1.165) is 0 Å². The largest absolute Gasteiger partial charge is 0.341 e. The number of carbonyl (C=O) groups excluding carboxylic acids is 2. The number of nitrogens with two attached hydrogens (primary N) is 1. The molecule has 1 rings (SSSR count). The van der Waals surface area contributed by atoms with Gasteiger partial charge >= 0.3 is 0 Å². The number of ketones is 1. The van der Waals surface area contributed by atoms with Crippen LogP contribution in [0.3, 0.4) is 0 Å². The Morgan fingerprint density at radius 1 is 1.29 bits per heavy atom. The van der Waals surface area contributed by atoms with Crippen molar-refractivity contribution in [2.45, 2.75) is 13.0 Å². The van der Waals surface area contributed by atoms with Crippen molar-refractivity contribution in [1.29, 1.82) is 0 Å². The van der Waals surface area contributed by atoms with Gasteiger partial charge in [0.1, 0.15) is 0 Å². The predicted molar refractivity (Wildman–Crippen MR) is 91.6 cm³/mol. The van der Waals surface area contributed by atoms with Crippen LogP contribution in [0.25, 0.3) is 0 Å². The molecule has 1 amide bonds. The SMILES string of the molecule is CC(CN)N(C)C(=O)CSCC(=O)c1ccc(Cl)cc1.Cl. The van der Waals surface area contributed by atoms with Crippen molar-refractivity contribution in [3.05, 3.63) is 34.9 Å². The molecule has 0 aliphatic heterocycles. The van der Waals surface area contributed by atoms with Crippen LogP contribution in [0.2, 0.25) is 5.02 Å². The Morgan fingerprint density at radius 3 is 2.38 bits per heavy atom. The number of nitrogens with zero attached hydrogens (tertiary/aromatic N) is 1. The van der Waals surface area contributed by atoms with Crippen LogP contribution in [0.15, 0.2) is 24.3 Å². The van der Waals surface area contributed by atoms with Crippen LogP contribution in [0.1, 0.15) is 17.3 Å². The Balaban J connectivity index is 0.00000400. The van der Waals surface area contributed by atoms with Crippen LogP contribution in [0.4, 0.5) is 0 Å². The zero-order valence-electron chi connectivity index (χ0n) is 12.0. The molecule has 0 saturated heterocycles. The number of thioether (sulfide) groups is 1. The first kappa shape index (κ1) is 20.2. The van der Waals surface area contributed by atoms with E-state index < -0.39 is 0 Å². The van der Waals surface area contributed by atoms with Gasteiger partial charge < -0.3 is 10.6 Å². The molecule has 1 atom stereocenters. The van der Waals surface area contributed by atoms with Crippen molar-refractivity contribution < 1.29 is 9.59 Å². The molecule has 0 heterocycles. The van der Waals surface area contributed by atoms with Gasteiger partial charge in [0, 0.05) is 30.2 Å². The first-order valence-electron chi connectivity index (χ1n) is 6.28. The van der Waals surface area contributed by atoms with E-state index in [1.54, 1.807) is 36.2 Å². The smallest absolute Gasteiger partial charge is 0.232 e. The lowest BCUT2D eigenvalue weighted by Crippen LogP contribution is -2.40. The van der Waals surface area contributed by atoms with Crippen LogP contribution in [0, 0.1) is 0 Å². The van der Waals surface area contributed by atoms with Gasteiger partial charge in [-0.05, 0) is 31.2 Å². The van der Waals surface area contributed by atoms with Crippen molar-refractivity contribution in [3.8, 4) is 0 Å². The number of Topliss-reactive ketones (excluding diaryl/α,β-unsaturated/α-hetero) is 1. The molecule has 2 N–H and O–H groups in total. The zero-order valence-corrected chi connectivity index (χ0v) is 14.4. The fraction of sp³-hybridized carbons (Fsp3) is 0.429. The van der Waals surface area contributed by atoms with Gasteiger partial charge in [-0.15, -0.1) is 24.2 Å². The third-order valence-electron chi connectivity index (χ3n) is 3.02. The lowest BCUT2D eigenvalue weighted by atomic mass is 10.1. The molecule has 1 unspecified atom stereocenters. The van der Waals surface area contributed by atoms with Gasteiger partial charge in [0.05, 0.1) is 11.5 Å². The molecule has 1 aromatic rings. The Labute approximate surface area is 140 Å². The molecule has 0 bridgehead atoms. The topological polar surface area (TPSA) is 63.4 Å². The molecule has 0 radical (unpaired) electrons. The van der Waals surface area contributed by atoms with Crippen molar-refractivity contribution in [1.82, 2.24) is 4.90 Å². The number of amides is 1. The molecule has 0 fully saturated rings. The number of rotatable bonds is 7. The van der Waals surface area contributed by atoms with E-state index in [1.165, 1.54) is 11.8 Å². The molecule has 0 aliphatic carbocycles. The van der Waals surface area contributed by atoms with Crippen molar-refractivity contribution in [2.75, 3.05) is 25.1 Å². The highest BCUT2D eigenvalue weighted by atomic mass is 35.5. The number of likely N-dealkylation sites (N-methyl/N-ethyl adjacent to an activating group) is 1. The van der Waals surface area contributed by atoms with E-state index in [9.17, 15) is 9.59 Å². The third kappa shape index (κ3) is 6.70. The summed E-state index contributed by atoms with van der Waals surface area (Å²) in [5.74, 6) is 0.532. The summed E-state index contributed by atoms with van der Waals surface area (Å²) in [5.41, 5.74) is 6.12. The first-order chi connectivity index (χ1) is 9.45. The highest BCUT2D eigenvalue weighted by Gasteiger charge is 2.15. The maximum atomic E-state index is 11.9. The summed E-state index contributed by atoms with van der Waals surface area (Å²) in [4.78, 5) is 25.3. The maximum Gasteiger partial charge on any atom is 0.232 e. The summed E-state index contributed by atoms with van der Waals surface area (Å²) in [5, 5.41) is 0.599. The summed E-state index contributed by atoms with van der Waals surface area (Å²) >= 11 is 7.07. The van der Waals surface area contributed by atoms with Crippen molar-refractivity contribution in [3.63, 3.8) is 0 Å². The quantitative estimate of drug-likeness (QED) is 0.767. The van der Waals surface area contributed by atoms with E-state index in [1.807, 2.05) is 6.92 Å². The second-order valence-electron chi connectivity index (χ2n) is 4.51. The van der Waals surface area contributed by atoms with E-state index in [2.05, 4.69) is 0 Å². The van der Waals surface area contributed by atoms with Crippen molar-refractivity contribution >= 4 is 47.5 Å². The van der Waals surface area contributed by atoms with Crippen LogP contribution < -0.4 is 5.73 Å². The molecule has 0 saturated carbocycles. The van der Waals surface area contributed by atoms with Gasteiger partial charge in [0.15, 0.2) is 5.78 Å². The normalized spacial score (nSPS) is 11.4. The Kier molecular flexibility index (Phi) is 9.70. The monoisotopic (exact) mass is 350 g/mol. The standard InChI is InChI=1S/C14H19ClN2O2S.ClH/c1-10(7-16)17(2)14(19)9-20-8-13(18)11-3-5-12(15)6-4-11;/h3-6,10H,7-9,16H2,1-2H3;1H. The lowest BCUT2D eigenvalue weighted by Gasteiger charge is -2.23. The number of carbonyl (C=O) groups is 2. The number of benzene rings is 1. The summed E-state index contributed by atoms with van der Waals surface area (Å²) in [6.45, 7) is 2.32. The average molecular weight is 351 g/mol. The highest BCUT2D eigenvalue weighted by molar-refractivity contribution is 8.00. The predicted octanol–water partition coefficient (Wildman–Crippen LogP) is 2.48. The maximum absolute atomic E-state index is 11.9. The lowest BCUT2D eigenvalue weighted by molar-refractivity contribution is -0.128. The van der Waals surface area contributed by atoms with Crippen LogP contribution >= 0.6 is 35.8 Å². The first-order valence-corrected chi connectivity index (χ1v) is 7.81. The molecule has 0 aliphatic rings. The molecular weight excluding hydrogens is 331 g/mol. The molecule has 118 valence electrons. The molecule has 7 heteroatoms. The minimum Gasteiger partial charge on any atom is -0.341 e. The summed E-state index contributed by atoms with van der Waals surface area (Å²) < 4.78 is 0. The molecular formula is C14H20Cl2N2O2S. The highest BCUT2D eigenvalue weighted by Crippen LogP contribution is 2.13. The van der Waals surface area contributed by atoms with Crippen LogP contribution in [-0.2, 0) is 4.79 Å². The van der Waals surface area contributed by atoms with E-state index in [4.69, 9.17) is 17.3 Å². The minimum atomic E-state index is -0.0168. The van der Waals surface area contributed by atoms with Gasteiger partial charge in [-0.2, -0.15) is 0 Å². The Hall–Kier alpha value is -0.750. The summed E-state index contributed by atoms with van der Waals surface area (Å²) in [7, 11) is 1.72. The summed E-state index contributed by atoms with van der Waals surface area (Å²) in [6.07, 6.45) is 0. The molecule has 1 aromatic carbocycles. The zero-order chi connectivity index (χ0) is 15.1. The molecule has 0 spiro atoms.